The highest BCUT2D eigenvalue weighted by atomic mass is 16.5. The molecule has 2 aliphatic carbocycles. The van der Waals surface area contributed by atoms with Crippen molar-refractivity contribution in [2.45, 2.75) is 26.2 Å². The van der Waals surface area contributed by atoms with Gasteiger partial charge in [0.25, 0.3) is 0 Å². The summed E-state index contributed by atoms with van der Waals surface area (Å²) < 4.78 is 10.5. The zero-order valence-corrected chi connectivity index (χ0v) is 17.6. The maximum absolute atomic E-state index is 12.9. The molecule has 1 saturated carbocycles. The fraction of sp³-hybridized carbons (Fsp3) is 0.320. The number of Topliss-reactive ketones (excluding diaryl/α,β-unsaturated/α-hetero) is 1. The van der Waals surface area contributed by atoms with Crippen molar-refractivity contribution in [2.75, 3.05) is 19.0 Å². The van der Waals surface area contributed by atoms with Crippen LogP contribution in [0.15, 0.2) is 42.6 Å². The maximum Gasteiger partial charge on any atom is 0.309 e. The standard InChI is InChI=1S/C25H24N2O4/c1-3-31-25(29)19-12-18(19)24(28)23-21(30-2)11-16(13-26-23)27-20-10-9-15-8-7-14-5-4-6-17(20)22(14)15/h4-6,9-11,13,18-19,27H,3,7-8,12H2,1-2H3. The number of nitrogens with zero attached hydrogens (tertiary/aromatic N) is 1. The average molecular weight is 416 g/mol. The molecule has 2 atom stereocenters. The van der Waals surface area contributed by atoms with Gasteiger partial charge in [-0.2, -0.15) is 0 Å². The molecule has 2 unspecified atom stereocenters. The Morgan fingerprint density at radius 3 is 2.71 bits per heavy atom. The van der Waals surface area contributed by atoms with E-state index in [1.807, 2.05) is 0 Å². The van der Waals surface area contributed by atoms with Crippen LogP contribution in [0, 0.1) is 11.8 Å². The molecule has 2 aromatic carbocycles. The number of esters is 1. The highest BCUT2D eigenvalue weighted by Crippen LogP contribution is 2.43. The fourth-order valence-electron chi connectivity index (χ4n) is 4.54. The van der Waals surface area contributed by atoms with Gasteiger partial charge < -0.3 is 14.8 Å². The molecule has 6 heteroatoms. The van der Waals surface area contributed by atoms with E-state index in [1.165, 1.54) is 29.0 Å². The third kappa shape index (κ3) is 3.42. The Morgan fingerprint density at radius 1 is 1.13 bits per heavy atom. The van der Waals surface area contributed by atoms with Crippen molar-refractivity contribution >= 4 is 33.9 Å². The summed E-state index contributed by atoms with van der Waals surface area (Å²) in [6.45, 7) is 2.07. The van der Waals surface area contributed by atoms with Gasteiger partial charge in [-0.1, -0.05) is 24.3 Å². The van der Waals surface area contributed by atoms with Gasteiger partial charge in [0.1, 0.15) is 11.4 Å². The molecule has 5 rings (SSSR count). The Balaban J connectivity index is 1.40. The van der Waals surface area contributed by atoms with E-state index in [9.17, 15) is 9.59 Å². The molecule has 1 heterocycles. The molecule has 6 nitrogen and oxygen atoms in total. The molecule has 3 aromatic rings. The van der Waals surface area contributed by atoms with Crippen LogP contribution in [0.1, 0.15) is 35.0 Å². The number of rotatable bonds is 7. The van der Waals surface area contributed by atoms with E-state index in [-0.39, 0.29) is 29.3 Å². The number of pyridine rings is 1. The lowest BCUT2D eigenvalue weighted by Gasteiger charge is -2.13. The van der Waals surface area contributed by atoms with E-state index in [0.717, 1.165) is 24.2 Å². The number of nitrogens with one attached hydrogen (secondary N) is 1. The number of aromatic nitrogens is 1. The van der Waals surface area contributed by atoms with Crippen LogP contribution in [0.2, 0.25) is 0 Å². The minimum absolute atomic E-state index is 0.174. The molecular formula is C25H24N2O4. The molecule has 0 bridgehead atoms. The second-order valence-electron chi connectivity index (χ2n) is 8.08. The SMILES string of the molecule is CCOC(=O)C1CC1C(=O)c1ncc(Nc2ccc3c4c(cccc24)CC3)cc1OC. The lowest BCUT2D eigenvalue weighted by molar-refractivity contribution is -0.144. The molecule has 2 aliphatic rings. The molecule has 0 saturated heterocycles. The van der Waals surface area contributed by atoms with Crippen LogP contribution in [0.5, 0.6) is 5.75 Å². The van der Waals surface area contributed by atoms with Crippen molar-refractivity contribution in [1.82, 2.24) is 4.98 Å². The van der Waals surface area contributed by atoms with Crippen molar-refractivity contribution in [1.29, 1.82) is 0 Å². The quantitative estimate of drug-likeness (QED) is 0.452. The third-order valence-corrected chi connectivity index (χ3v) is 6.18. The summed E-state index contributed by atoms with van der Waals surface area (Å²) in [7, 11) is 1.52. The summed E-state index contributed by atoms with van der Waals surface area (Å²) in [4.78, 5) is 29.1. The number of hydrogen-bond donors (Lipinski definition) is 1. The van der Waals surface area contributed by atoms with Crippen molar-refractivity contribution in [3.8, 4) is 5.75 Å². The van der Waals surface area contributed by atoms with Crippen LogP contribution in [0.25, 0.3) is 10.8 Å². The van der Waals surface area contributed by atoms with Crippen LogP contribution in [-0.2, 0) is 22.4 Å². The van der Waals surface area contributed by atoms with Gasteiger partial charge in [0.05, 0.1) is 31.5 Å². The topological polar surface area (TPSA) is 77.5 Å². The van der Waals surface area contributed by atoms with Crippen molar-refractivity contribution in [3.05, 3.63) is 59.4 Å². The summed E-state index contributed by atoms with van der Waals surface area (Å²) in [5.41, 5.74) is 4.76. The molecular weight excluding hydrogens is 392 g/mol. The normalized spacial score (nSPS) is 18.6. The first-order valence-electron chi connectivity index (χ1n) is 10.7. The van der Waals surface area contributed by atoms with E-state index in [1.54, 1.807) is 19.2 Å². The van der Waals surface area contributed by atoms with Gasteiger partial charge in [0, 0.05) is 23.1 Å². The van der Waals surface area contributed by atoms with E-state index in [2.05, 4.69) is 40.6 Å². The summed E-state index contributed by atoms with van der Waals surface area (Å²) >= 11 is 0. The van der Waals surface area contributed by atoms with E-state index in [4.69, 9.17) is 9.47 Å². The predicted octanol–water partition coefficient (Wildman–Crippen LogP) is 4.47. The monoisotopic (exact) mass is 416 g/mol. The molecule has 0 radical (unpaired) electrons. The number of carbonyl (C=O) groups excluding carboxylic acids is 2. The average Bonchev–Trinajstić information content (AvgIpc) is 3.49. The van der Waals surface area contributed by atoms with Gasteiger partial charge in [0.15, 0.2) is 5.78 Å². The van der Waals surface area contributed by atoms with Gasteiger partial charge in [-0.15, -0.1) is 0 Å². The zero-order chi connectivity index (χ0) is 21.5. The molecule has 0 amide bonds. The minimum atomic E-state index is -0.379. The Bertz CT molecular complexity index is 1190. The molecule has 1 N–H and O–H groups in total. The first-order valence-corrected chi connectivity index (χ1v) is 10.7. The third-order valence-electron chi connectivity index (χ3n) is 6.18. The maximum atomic E-state index is 12.9. The number of benzene rings is 2. The molecule has 1 fully saturated rings. The van der Waals surface area contributed by atoms with Crippen LogP contribution in [-0.4, -0.2) is 30.5 Å². The number of methoxy groups -OCH3 is 1. The summed E-state index contributed by atoms with van der Waals surface area (Å²) in [5.74, 6) is -0.839. The number of carbonyl (C=O) groups is 2. The van der Waals surface area contributed by atoms with Crippen LogP contribution in [0.4, 0.5) is 11.4 Å². The zero-order valence-electron chi connectivity index (χ0n) is 17.6. The van der Waals surface area contributed by atoms with Crippen molar-refractivity contribution in [2.24, 2.45) is 11.8 Å². The lowest BCUT2D eigenvalue weighted by Crippen LogP contribution is -2.13. The van der Waals surface area contributed by atoms with Crippen LogP contribution < -0.4 is 10.1 Å². The highest BCUT2D eigenvalue weighted by Gasteiger charge is 2.50. The molecule has 0 spiro atoms. The smallest absolute Gasteiger partial charge is 0.309 e. The van der Waals surface area contributed by atoms with Gasteiger partial charge in [-0.25, -0.2) is 4.98 Å². The largest absolute Gasteiger partial charge is 0.494 e. The van der Waals surface area contributed by atoms with Crippen molar-refractivity contribution < 1.29 is 19.1 Å². The van der Waals surface area contributed by atoms with Gasteiger partial charge in [-0.3, -0.25) is 9.59 Å². The molecule has 31 heavy (non-hydrogen) atoms. The number of ketones is 1. The lowest BCUT2D eigenvalue weighted by atomic mass is 10.0. The Hall–Kier alpha value is -3.41. The van der Waals surface area contributed by atoms with E-state index < -0.39 is 0 Å². The Morgan fingerprint density at radius 2 is 1.94 bits per heavy atom. The predicted molar refractivity (Wildman–Crippen MR) is 118 cm³/mol. The van der Waals surface area contributed by atoms with Gasteiger partial charge in [-0.05, 0) is 48.8 Å². The number of hydrogen-bond acceptors (Lipinski definition) is 6. The highest BCUT2D eigenvalue weighted by molar-refractivity contribution is 6.04. The van der Waals surface area contributed by atoms with E-state index in [0.29, 0.717) is 18.8 Å². The summed E-state index contributed by atoms with van der Waals surface area (Å²) in [5, 5.41) is 5.94. The fourth-order valence-corrected chi connectivity index (χ4v) is 4.54. The molecule has 158 valence electrons. The Labute approximate surface area is 180 Å². The van der Waals surface area contributed by atoms with Crippen LogP contribution in [0.3, 0.4) is 0 Å². The minimum Gasteiger partial charge on any atom is -0.494 e. The van der Waals surface area contributed by atoms with E-state index >= 15 is 0 Å². The summed E-state index contributed by atoms with van der Waals surface area (Å²) in [6.07, 6.45) is 4.30. The van der Waals surface area contributed by atoms with Gasteiger partial charge in [0.2, 0.25) is 0 Å². The van der Waals surface area contributed by atoms with Crippen LogP contribution >= 0.6 is 0 Å². The Kier molecular flexibility index (Phi) is 4.85. The number of anilines is 2. The summed E-state index contributed by atoms with van der Waals surface area (Å²) in [6, 6.07) is 12.5. The first kappa shape index (κ1) is 19.5. The molecule has 0 aliphatic heterocycles. The second-order valence-corrected chi connectivity index (χ2v) is 8.08. The van der Waals surface area contributed by atoms with Gasteiger partial charge >= 0.3 is 5.97 Å². The first-order chi connectivity index (χ1) is 15.1. The second kappa shape index (κ2) is 7.69. The molecule has 1 aromatic heterocycles. The number of aryl methyl sites for hydroxylation is 2. The number of ether oxygens (including phenoxy) is 2. The van der Waals surface area contributed by atoms with Crippen molar-refractivity contribution in [3.63, 3.8) is 0 Å².